The number of aryl methyl sites for hydroxylation is 1. The summed E-state index contributed by atoms with van der Waals surface area (Å²) in [5.74, 6) is 1.28. The Morgan fingerprint density at radius 3 is 2.76 bits per heavy atom. The molecule has 0 radical (unpaired) electrons. The van der Waals surface area contributed by atoms with Crippen molar-refractivity contribution in [1.82, 2.24) is 15.1 Å². The summed E-state index contributed by atoms with van der Waals surface area (Å²) in [6, 6.07) is 14.1. The highest BCUT2D eigenvalue weighted by Crippen LogP contribution is 2.17. The van der Waals surface area contributed by atoms with Gasteiger partial charge >= 0.3 is 0 Å². The highest BCUT2D eigenvalue weighted by Gasteiger charge is 2.23. The van der Waals surface area contributed by atoms with Crippen molar-refractivity contribution < 1.29 is 4.79 Å². The summed E-state index contributed by atoms with van der Waals surface area (Å²) in [4.78, 5) is 14.4. The molecule has 5 heteroatoms. The molecule has 2 aromatic rings. The van der Waals surface area contributed by atoms with Crippen molar-refractivity contribution in [1.29, 1.82) is 0 Å². The fourth-order valence-corrected chi connectivity index (χ4v) is 3.23. The number of aromatic nitrogens is 2. The fraction of sp³-hybridized carbons (Fsp3) is 0.450. The standard InChI is InChI=1S/C20H26N4O/c1-16-7-6-14-24(15-16)20(25)18-11-12-19(23-22-18)21-13-5-10-17-8-3-2-4-9-17/h2-4,8-9,11-12,16H,5-7,10,13-15H2,1H3,(H,21,23). The Morgan fingerprint density at radius 1 is 1.20 bits per heavy atom. The minimum absolute atomic E-state index is 0.00493. The average molecular weight is 338 g/mol. The lowest BCUT2D eigenvalue weighted by Gasteiger charge is -2.30. The number of likely N-dealkylation sites (tertiary alicyclic amines) is 1. The summed E-state index contributed by atoms with van der Waals surface area (Å²) in [5, 5.41) is 11.5. The van der Waals surface area contributed by atoms with Crippen molar-refractivity contribution in [2.24, 2.45) is 5.92 Å². The van der Waals surface area contributed by atoms with Crippen molar-refractivity contribution in [3.05, 3.63) is 53.7 Å². The second-order valence-electron chi connectivity index (χ2n) is 6.82. The van der Waals surface area contributed by atoms with Crippen LogP contribution in [0.2, 0.25) is 0 Å². The molecule has 1 amide bonds. The topological polar surface area (TPSA) is 58.1 Å². The number of benzene rings is 1. The van der Waals surface area contributed by atoms with E-state index in [9.17, 15) is 4.79 Å². The monoisotopic (exact) mass is 338 g/mol. The number of nitrogens with zero attached hydrogens (tertiary/aromatic N) is 3. The largest absolute Gasteiger partial charge is 0.369 e. The smallest absolute Gasteiger partial charge is 0.274 e. The van der Waals surface area contributed by atoms with Crippen LogP contribution in [-0.2, 0) is 6.42 Å². The molecule has 1 unspecified atom stereocenters. The van der Waals surface area contributed by atoms with Gasteiger partial charge in [-0.3, -0.25) is 4.79 Å². The first kappa shape index (κ1) is 17.4. The van der Waals surface area contributed by atoms with Crippen LogP contribution < -0.4 is 5.32 Å². The SMILES string of the molecule is CC1CCCN(C(=O)c2ccc(NCCCc3ccccc3)nn2)C1. The molecule has 1 atom stereocenters. The minimum atomic E-state index is -0.00493. The zero-order valence-electron chi connectivity index (χ0n) is 14.8. The highest BCUT2D eigenvalue weighted by molar-refractivity contribution is 5.92. The Hall–Kier alpha value is -2.43. The molecular weight excluding hydrogens is 312 g/mol. The number of carbonyl (C=O) groups is 1. The fourth-order valence-electron chi connectivity index (χ4n) is 3.23. The first-order valence-corrected chi connectivity index (χ1v) is 9.13. The molecule has 132 valence electrons. The van der Waals surface area contributed by atoms with Gasteiger partial charge in [-0.1, -0.05) is 37.3 Å². The Morgan fingerprint density at radius 2 is 2.04 bits per heavy atom. The zero-order valence-corrected chi connectivity index (χ0v) is 14.8. The van der Waals surface area contributed by atoms with Gasteiger partial charge in [0, 0.05) is 19.6 Å². The third-order valence-corrected chi connectivity index (χ3v) is 4.62. The van der Waals surface area contributed by atoms with Crippen LogP contribution in [0.3, 0.4) is 0 Å². The van der Waals surface area contributed by atoms with Gasteiger partial charge in [-0.05, 0) is 49.3 Å². The van der Waals surface area contributed by atoms with Crippen LogP contribution in [0.25, 0.3) is 0 Å². The summed E-state index contributed by atoms with van der Waals surface area (Å²) in [7, 11) is 0. The van der Waals surface area contributed by atoms with Gasteiger partial charge in [-0.2, -0.15) is 0 Å². The van der Waals surface area contributed by atoms with Gasteiger partial charge in [0.2, 0.25) is 0 Å². The molecule has 5 nitrogen and oxygen atoms in total. The highest BCUT2D eigenvalue weighted by atomic mass is 16.2. The normalized spacial score (nSPS) is 17.3. The quantitative estimate of drug-likeness (QED) is 0.820. The third kappa shape index (κ3) is 5.02. The van der Waals surface area contributed by atoms with E-state index in [0.717, 1.165) is 44.7 Å². The van der Waals surface area contributed by atoms with E-state index in [0.29, 0.717) is 11.6 Å². The van der Waals surface area contributed by atoms with Crippen LogP contribution in [-0.4, -0.2) is 40.6 Å². The van der Waals surface area contributed by atoms with Gasteiger partial charge in [-0.25, -0.2) is 0 Å². The molecule has 1 N–H and O–H groups in total. The van der Waals surface area contributed by atoms with Crippen LogP contribution in [0.4, 0.5) is 5.82 Å². The molecule has 2 heterocycles. The molecule has 3 rings (SSSR count). The van der Waals surface area contributed by atoms with E-state index >= 15 is 0 Å². The molecule has 1 saturated heterocycles. The molecule has 1 aliphatic rings. The van der Waals surface area contributed by atoms with Crippen LogP contribution >= 0.6 is 0 Å². The molecule has 1 aliphatic heterocycles. The molecular formula is C20H26N4O. The Balaban J connectivity index is 1.46. The number of carbonyl (C=O) groups excluding carboxylic acids is 1. The zero-order chi connectivity index (χ0) is 17.5. The summed E-state index contributed by atoms with van der Waals surface area (Å²) in [5.41, 5.74) is 1.77. The number of anilines is 1. The summed E-state index contributed by atoms with van der Waals surface area (Å²) < 4.78 is 0. The maximum atomic E-state index is 12.5. The van der Waals surface area contributed by atoms with Gasteiger partial charge in [0.25, 0.3) is 5.91 Å². The van der Waals surface area contributed by atoms with Crippen molar-refractivity contribution >= 4 is 11.7 Å². The maximum absolute atomic E-state index is 12.5. The maximum Gasteiger partial charge on any atom is 0.274 e. The summed E-state index contributed by atoms with van der Waals surface area (Å²) >= 11 is 0. The van der Waals surface area contributed by atoms with Gasteiger partial charge in [0.05, 0.1) is 0 Å². The van der Waals surface area contributed by atoms with Gasteiger partial charge in [0.15, 0.2) is 5.69 Å². The van der Waals surface area contributed by atoms with E-state index in [2.05, 4.69) is 46.7 Å². The molecule has 0 spiro atoms. The van der Waals surface area contributed by atoms with Crippen LogP contribution in [0, 0.1) is 5.92 Å². The minimum Gasteiger partial charge on any atom is -0.369 e. The number of hydrogen-bond donors (Lipinski definition) is 1. The van der Waals surface area contributed by atoms with Crippen LogP contribution in [0.5, 0.6) is 0 Å². The molecule has 25 heavy (non-hydrogen) atoms. The lowest BCUT2D eigenvalue weighted by atomic mass is 10.00. The molecule has 0 bridgehead atoms. The lowest BCUT2D eigenvalue weighted by molar-refractivity contribution is 0.0676. The third-order valence-electron chi connectivity index (χ3n) is 4.62. The molecule has 1 aromatic carbocycles. The van der Waals surface area contributed by atoms with E-state index in [1.54, 1.807) is 6.07 Å². The van der Waals surface area contributed by atoms with Crippen molar-refractivity contribution in [3.63, 3.8) is 0 Å². The predicted octanol–water partition coefficient (Wildman–Crippen LogP) is 3.39. The second kappa shape index (κ2) is 8.60. The first-order valence-electron chi connectivity index (χ1n) is 9.13. The molecule has 1 aromatic heterocycles. The number of hydrogen-bond acceptors (Lipinski definition) is 4. The van der Waals surface area contributed by atoms with Gasteiger partial charge in [-0.15, -0.1) is 10.2 Å². The molecule has 0 saturated carbocycles. The summed E-state index contributed by atoms with van der Waals surface area (Å²) in [6.45, 7) is 4.67. The Labute approximate surface area is 149 Å². The second-order valence-corrected chi connectivity index (χ2v) is 6.82. The first-order chi connectivity index (χ1) is 12.2. The number of rotatable bonds is 6. The number of amides is 1. The molecule has 0 aliphatic carbocycles. The van der Waals surface area contributed by atoms with Crippen molar-refractivity contribution in [3.8, 4) is 0 Å². The van der Waals surface area contributed by atoms with Crippen molar-refractivity contribution in [2.45, 2.75) is 32.6 Å². The Kier molecular flexibility index (Phi) is 5.99. The van der Waals surface area contributed by atoms with Gasteiger partial charge in [0.1, 0.15) is 5.82 Å². The average Bonchev–Trinajstić information content (AvgIpc) is 2.66. The Bertz CT molecular complexity index is 672. The molecule has 1 fully saturated rings. The number of piperidine rings is 1. The predicted molar refractivity (Wildman–Crippen MR) is 99.6 cm³/mol. The summed E-state index contributed by atoms with van der Waals surface area (Å²) in [6.07, 6.45) is 4.33. The number of nitrogens with one attached hydrogen (secondary N) is 1. The van der Waals surface area contributed by atoms with Gasteiger partial charge < -0.3 is 10.2 Å². The lowest BCUT2D eigenvalue weighted by Crippen LogP contribution is -2.39. The van der Waals surface area contributed by atoms with E-state index in [4.69, 9.17) is 0 Å². The van der Waals surface area contributed by atoms with E-state index in [1.165, 1.54) is 12.0 Å². The van der Waals surface area contributed by atoms with Crippen molar-refractivity contribution in [2.75, 3.05) is 25.0 Å². The van der Waals surface area contributed by atoms with Crippen LogP contribution in [0.1, 0.15) is 42.2 Å². The van der Waals surface area contributed by atoms with E-state index in [-0.39, 0.29) is 5.91 Å². The van der Waals surface area contributed by atoms with Crippen LogP contribution in [0.15, 0.2) is 42.5 Å². The van der Waals surface area contributed by atoms with E-state index in [1.807, 2.05) is 17.0 Å². The van der Waals surface area contributed by atoms with E-state index < -0.39 is 0 Å².